The fourth-order valence-corrected chi connectivity index (χ4v) is 2.22. The molecule has 1 aromatic carbocycles. The van der Waals surface area contributed by atoms with Crippen LogP contribution in [-0.2, 0) is 4.74 Å². The molecule has 1 amide bonds. The van der Waals surface area contributed by atoms with Crippen LogP contribution in [0.4, 0.5) is 4.79 Å². The van der Waals surface area contributed by atoms with Crippen LogP contribution in [0.2, 0.25) is 0 Å². The Balaban J connectivity index is 2.15. The minimum Gasteiger partial charge on any atom is -0.444 e. The maximum absolute atomic E-state index is 12.3. The van der Waals surface area contributed by atoms with Crippen LogP contribution in [0, 0.1) is 0 Å². The van der Waals surface area contributed by atoms with Gasteiger partial charge >= 0.3 is 6.09 Å². The highest BCUT2D eigenvalue weighted by molar-refractivity contribution is 5.69. The van der Waals surface area contributed by atoms with Gasteiger partial charge in [-0.05, 0) is 26.3 Å². The topological polar surface area (TPSA) is 41.6 Å². The summed E-state index contributed by atoms with van der Waals surface area (Å²) >= 11 is 0. The van der Waals surface area contributed by atoms with Gasteiger partial charge in [0.05, 0.1) is 6.04 Å². The molecule has 1 heterocycles. The molecule has 1 N–H and O–H groups in total. The second-order valence-corrected chi connectivity index (χ2v) is 5.80. The van der Waals surface area contributed by atoms with Crippen LogP contribution < -0.4 is 5.32 Å². The van der Waals surface area contributed by atoms with E-state index in [0.717, 1.165) is 18.7 Å². The number of hydrogen-bond donors (Lipinski definition) is 1. The van der Waals surface area contributed by atoms with Gasteiger partial charge in [-0.3, -0.25) is 4.90 Å². The van der Waals surface area contributed by atoms with Crippen molar-refractivity contribution >= 4 is 6.09 Å². The molecule has 1 aliphatic rings. The lowest BCUT2D eigenvalue weighted by Crippen LogP contribution is -2.50. The molecule has 1 saturated heterocycles. The van der Waals surface area contributed by atoms with Crippen molar-refractivity contribution in [2.45, 2.75) is 32.4 Å². The summed E-state index contributed by atoms with van der Waals surface area (Å²) in [5, 5.41) is 3.33. The van der Waals surface area contributed by atoms with Gasteiger partial charge in [0.2, 0.25) is 0 Å². The molecule has 0 spiro atoms. The van der Waals surface area contributed by atoms with Gasteiger partial charge in [-0.25, -0.2) is 4.79 Å². The zero-order chi connectivity index (χ0) is 13.9. The van der Waals surface area contributed by atoms with E-state index < -0.39 is 5.60 Å². The smallest absolute Gasteiger partial charge is 0.410 e. The van der Waals surface area contributed by atoms with Crippen molar-refractivity contribution < 1.29 is 9.53 Å². The maximum Gasteiger partial charge on any atom is 0.410 e. The standard InChI is InChI=1S/C15H22N2O2/c1-15(2,3)19-14(18)17-10-9-16-11-13(17)12-7-5-4-6-8-12/h4-8,13,16H,9-11H2,1-3H3/t13-/m1/s1. The van der Waals surface area contributed by atoms with E-state index >= 15 is 0 Å². The van der Waals surface area contributed by atoms with Crippen LogP contribution in [0.1, 0.15) is 32.4 Å². The predicted octanol–water partition coefficient (Wildman–Crippen LogP) is 2.57. The minimum atomic E-state index is -0.455. The Morgan fingerprint density at radius 1 is 1.32 bits per heavy atom. The zero-order valence-corrected chi connectivity index (χ0v) is 11.8. The average molecular weight is 262 g/mol. The Bertz CT molecular complexity index is 426. The largest absolute Gasteiger partial charge is 0.444 e. The molecule has 1 fully saturated rings. The molecule has 104 valence electrons. The van der Waals surface area contributed by atoms with Crippen molar-refractivity contribution in [3.8, 4) is 0 Å². The second kappa shape index (κ2) is 5.61. The minimum absolute atomic E-state index is 0.0461. The van der Waals surface area contributed by atoms with Gasteiger partial charge < -0.3 is 10.1 Å². The van der Waals surface area contributed by atoms with Gasteiger partial charge in [0, 0.05) is 19.6 Å². The average Bonchev–Trinajstić information content (AvgIpc) is 2.38. The molecule has 1 aromatic rings. The van der Waals surface area contributed by atoms with E-state index in [1.807, 2.05) is 43.9 Å². The Morgan fingerprint density at radius 3 is 2.63 bits per heavy atom. The van der Waals surface area contributed by atoms with Crippen LogP contribution in [0.5, 0.6) is 0 Å². The third kappa shape index (κ3) is 3.70. The Labute approximate surface area is 114 Å². The monoisotopic (exact) mass is 262 g/mol. The highest BCUT2D eigenvalue weighted by Gasteiger charge is 2.31. The van der Waals surface area contributed by atoms with E-state index in [2.05, 4.69) is 17.4 Å². The van der Waals surface area contributed by atoms with Crippen molar-refractivity contribution in [2.75, 3.05) is 19.6 Å². The lowest BCUT2D eigenvalue weighted by Gasteiger charge is -2.37. The van der Waals surface area contributed by atoms with E-state index in [1.165, 1.54) is 0 Å². The van der Waals surface area contributed by atoms with E-state index in [1.54, 1.807) is 0 Å². The first-order valence-electron chi connectivity index (χ1n) is 6.73. The molecular formula is C15H22N2O2. The van der Waals surface area contributed by atoms with Crippen LogP contribution >= 0.6 is 0 Å². The zero-order valence-electron chi connectivity index (χ0n) is 11.8. The summed E-state index contributed by atoms with van der Waals surface area (Å²) in [5.74, 6) is 0. The number of piperazine rings is 1. The summed E-state index contributed by atoms with van der Waals surface area (Å²) in [6, 6.07) is 10.1. The Morgan fingerprint density at radius 2 is 2.00 bits per heavy atom. The third-order valence-electron chi connectivity index (χ3n) is 3.06. The summed E-state index contributed by atoms with van der Waals surface area (Å²) in [5.41, 5.74) is 0.684. The van der Waals surface area contributed by atoms with Crippen molar-refractivity contribution in [2.24, 2.45) is 0 Å². The number of hydrogen-bond acceptors (Lipinski definition) is 3. The van der Waals surface area contributed by atoms with Crippen LogP contribution in [-0.4, -0.2) is 36.2 Å². The van der Waals surface area contributed by atoms with Gasteiger partial charge in [0.15, 0.2) is 0 Å². The number of nitrogens with one attached hydrogen (secondary N) is 1. The number of rotatable bonds is 1. The summed E-state index contributed by atoms with van der Waals surface area (Å²) < 4.78 is 5.49. The SMILES string of the molecule is CC(C)(C)OC(=O)N1CCNC[C@@H]1c1ccccc1. The predicted molar refractivity (Wildman–Crippen MR) is 75.0 cm³/mol. The molecule has 1 aliphatic heterocycles. The van der Waals surface area contributed by atoms with E-state index in [4.69, 9.17) is 4.74 Å². The molecule has 2 rings (SSSR count). The number of amides is 1. The van der Waals surface area contributed by atoms with Crippen molar-refractivity contribution in [1.29, 1.82) is 0 Å². The fraction of sp³-hybridized carbons (Fsp3) is 0.533. The lowest BCUT2D eigenvalue weighted by atomic mass is 10.0. The van der Waals surface area contributed by atoms with E-state index in [9.17, 15) is 4.79 Å². The van der Waals surface area contributed by atoms with Gasteiger partial charge in [-0.2, -0.15) is 0 Å². The van der Waals surface area contributed by atoms with Crippen LogP contribution in [0.15, 0.2) is 30.3 Å². The molecule has 0 aliphatic carbocycles. The second-order valence-electron chi connectivity index (χ2n) is 5.80. The summed E-state index contributed by atoms with van der Waals surface area (Å²) in [4.78, 5) is 14.1. The summed E-state index contributed by atoms with van der Waals surface area (Å²) in [6.07, 6.45) is -0.233. The lowest BCUT2D eigenvalue weighted by molar-refractivity contribution is 0.0118. The number of carbonyl (C=O) groups is 1. The maximum atomic E-state index is 12.3. The molecular weight excluding hydrogens is 240 g/mol. The van der Waals surface area contributed by atoms with Gasteiger partial charge in [0.1, 0.15) is 5.60 Å². The molecule has 4 heteroatoms. The molecule has 19 heavy (non-hydrogen) atoms. The van der Waals surface area contributed by atoms with Gasteiger partial charge in [-0.15, -0.1) is 0 Å². The molecule has 0 saturated carbocycles. The Kier molecular flexibility index (Phi) is 4.10. The highest BCUT2D eigenvalue weighted by atomic mass is 16.6. The summed E-state index contributed by atoms with van der Waals surface area (Å²) in [6.45, 7) is 7.93. The number of carbonyl (C=O) groups excluding carboxylic acids is 1. The fourth-order valence-electron chi connectivity index (χ4n) is 2.22. The molecule has 0 aromatic heterocycles. The molecule has 0 radical (unpaired) electrons. The van der Waals surface area contributed by atoms with Gasteiger partial charge in [0.25, 0.3) is 0 Å². The van der Waals surface area contributed by atoms with Crippen molar-refractivity contribution in [3.63, 3.8) is 0 Å². The first kappa shape index (κ1) is 13.9. The highest BCUT2D eigenvalue weighted by Crippen LogP contribution is 2.24. The van der Waals surface area contributed by atoms with Gasteiger partial charge in [-0.1, -0.05) is 30.3 Å². The Hall–Kier alpha value is -1.55. The third-order valence-corrected chi connectivity index (χ3v) is 3.06. The molecule has 4 nitrogen and oxygen atoms in total. The van der Waals surface area contributed by atoms with Crippen LogP contribution in [0.25, 0.3) is 0 Å². The van der Waals surface area contributed by atoms with Crippen LogP contribution in [0.3, 0.4) is 0 Å². The van der Waals surface area contributed by atoms with E-state index in [0.29, 0.717) is 6.54 Å². The normalized spacial score (nSPS) is 20.2. The molecule has 0 bridgehead atoms. The van der Waals surface area contributed by atoms with Crippen molar-refractivity contribution in [1.82, 2.24) is 10.2 Å². The number of benzene rings is 1. The first-order valence-corrected chi connectivity index (χ1v) is 6.73. The van der Waals surface area contributed by atoms with Crippen molar-refractivity contribution in [3.05, 3.63) is 35.9 Å². The summed E-state index contributed by atoms with van der Waals surface area (Å²) in [7, 11) is 0. The quantitative estimate of drug-likeness (QED) is 0.845. The first-order chi connectivity index (χ1) is 8.97. The molecule has 0 unspecified atom stereocenters. The number of nitrogens with zero attached hydrogens (tertiary/aromatic N) is 1. The van der Waals surface area contributed by atoms with E-state index in [-0.39, 0.29) is 12.1 Å². The molecule has 1 atom stereocenters. The number of ether oxygens (including phenoxy) is 1.